The second-order valence-corrected chi connectivity index (χ2v) is 4.20. The molecule has 0 aromatic carbocycles. The molecule has 80 valence electrons. The van der Waals surface area contributed by atoms with Gasteiger partial charge in [-0.3, -0.25) is 0 Å². The number of nitrogens with one attached hydrogen (secondary N) is 1. The first-order valence-corrected chi connectivity index (χ1v) is 6.08. The molecule has 0 saturated carbocycles. The molecule has 0 fully saturated rings. The third-order valence-corrected chi connectivity index (χ3v) is 2.94. The Labute approximate surface area is 92.8 Å². The van der Waals surface area contributed by atoms with Crippen LogP contribution in [0.15, 0.2) is 11.8 Å². The van der Waals surface area contributed by atoms with Gasteiger partial charge in [-0.2, -0.15) is 0 Å². The van der Waals surface area contributed by atoms with Gasteiger partial charge in [-0.1, -0.05) is 19.8 Å². The van der Waals surface area contributed by atoms with Crippen molar-refractivity contribution in [2.45, 2.75) is 26.2 Å². The van der Waals surface area contributed by atoms with Crippen LogP contribution in [0.5, 0.6) is 0 Å². The SMILES string of the molecule is CCCCCNc1ncnc2scnc12. The van der Waals surface area contributed by atoms with Gasteiger partial charge in [0, 0.05) is 6.54 Å². The summed E-state index contributed by atoms with van der Waals surface area (Å²) < 4.78 is 0. The highest BCUT2D eigenvalue weighted by molar-refractivity contribution is 7.16. The van der Waals surface area contributed by atoms with Gasteiger partial charge in [0.1, 0.15) is 16.7 Å². The van der Waals surface area contributed by atoms with E-state index in [2.05, 4.69) is 27.2 Å². The number of aromatic nitrogens is 3. The van der Waals surface area contributed by atoms with Crippen LogP contribution < -0.4 is 5.32 Å². The number of anilines is 1. The number of fused-ring (bicyclic) bond motifs is 1. The minimum absolute atomic E-state index is 0.859. The van der Waals surface area contributed by atoms with Gasteiger partial charge in [0.2, 0.25) is 0 Å². The Bertz CT molecular complexity index is 426. The Kier molecular flexibility index (Phi) is 3.45. The smallest absolute Gasteiger partial charge is 0.156 e. The Morgan fingerprint density at radius 1 is 1.27 bits per heavy atom. The van der Waals surface area contributed by atoms with E-state index in [1.807, 2.05) is 0 Å². The fraction of sp³-hybridized carbons (Fsp3) is 0.500. The van der Waals surface area contributed by atoms with Crippen molar-refractivity contribution in [3.05, 3.63) is 11.8 Å². The average Bonchev–Trinajstić information content (AvgIpc) is 2.73. The number of nitrogens with zero attached hydrogens (tertiary/aromatic N) is 3. The zero-order chi connectivity index (χ0) is 10.5. The van der Waals surface area contributed by atoms with Crippen molar-refractivity contribution in [1.82, 2.24) is 15.0 Å². The van der Waals surface area contributed by atoms with E-state index < -0.39 is 0 Å². The maximum Gasteiger partial charge on any atom is 0.156 e. The van der Waals surface area contributed by atoms with Gasteiger partial charge in [0.05, 0.1) is 5.51 Å². The van der Waals surface area contributed by atoms with E-state index in [0.717, 1.165) is 22.7 Å². The Hall–Kier alpha value is -1.23. The highest BCUT2D eigenvalue weighted by Crippen LogP contribution is 2.20. The van der Waals surface area contributed by atoms with E-state index >= 15 is 0 Å². The van der Waals surface area contributed by atoms with Crippen LogP contribution in [0.3, 0.4) is 0 Å². The lowest BCUT2D eigenvalue weighted by molar-refractivity contribution is 0.742. The first kappa shape index (κ1) is 10.3. The lowest BCUT2D eigenvalue weighted by Gasteiger charge is -2.04. The van der Waals surface area contributed by atoms with Crippen molar-refractivity contribution in [2.75, 3.05) is 11.9 Å². The van der Waals surface area contributed by atoms with E-state index in [4.69, 9.17) is 0 Å². The Morgan fingerprint density at radius 3 is 3.07 bits per heavy atom. The van der Waals surface area contributed by atoms with Gasteiger partial charge >= 0.3 is 0 Å². The van der Waals surface area contributed by atoms with Crippen LogP contribution in [-0.4, -0.2) is 21.5 Å². The summed E-state index contributed by atoms with van der Waals surface area (Å²) in [7, 11) is 0. The zero-order valence-electron chi connectivity index (χ0n) is 8.73. The first-order chi connectivity index (χ1) is 7.42. The summed E-state index contributed by atoms with van der Waals surface area (Å²) in [5.41, 5.74) is 2.69. The fourth-order valence-corrected chi connectivity index (χ4v) is 2.03. The Balaban J connectivity index is 2.04. The molecule has 5 heteroatoms. The highest BCUT2D eigenvalue weighted by Gasteiger charge is 2.04. The number of hydrogen-bond donors (Lipinski definition) is 1. The lowest BCUT2D eigenvalue weighted by atomic mass is 10.2. The van der Waals surface area contributed by atoms with E-state index in [0.29, 0.717) is 0 Å². The molecule has 2 aromatic rings. The van der Waals surface area contributed by atoms with Gasteiger partial charge in [-0.25, -0.2) is 15.0 Å². The summed E-state index contributed by atoms with van der Waals surface area (Å²) in [6, 6.07) is 0. The number of hydrogen-bond acceptors (Lipinski definition) is 5. The predicted molar refractivity (Wildman–Crippen MR) is 63.2 cm³/mol. The minimum Gasteiger partial charge on any atom is -0.368 e. The van der Waals surface area contributed by atoms with Gasteiger partial charge < -0.3 is 5.32 Å². The fourth-order valence-electron chi connectivity index (χ4n) is 1.41. The van der Waals surface area contributed by atoms with E-state index in [9.17, 15) is 0 Å². The zero-order valence-corrected chi connectivity index (χ0v) is 9.55. The maximum atomic E-state index is 4.25. The van der Waals surface area contributed by atoms with Crippen LogP contribution in [-0.2, 0) is 0 Å². The highest BCUT2D eigenvalue weighted by atomic mass is 32.1. The molecular weight excluding hydrogens is 208 g/mol. The van der Waals surface area contributed by atoms with Gasteiger partial charge in [-0.15, -0.1) is 11.3 Å². The summed E-state index contributed by atoms with van der Waals surface area (Å²) in [6.45, 7) is 3.15. The number of thiazole rings is 1. The molecule has 2 aromatic heterocycles. The standard InChI is InChI=1S/C10H14N4S/c1-2-3-4-5-11-9-8-10(13-6-12-9)15-7-14-8/h6-7H,2-5H2,1H3,(H,11,12,13). The molecule has 15 heavy (non-hydrogen) atoms. The van der Waals surface area contributed by atoms with Crippen LogP contribution in [0.4, 0.5) is 5.82 Å². The van der Waals surface area contributed by atoms with Gasteiger partial charge in [-0.05, 0) is 6.42 Å². The van der Waals surface area contributed by atoms with Crippen molar-refractivity contribution < 1.29 is 0 Å². The predicted octanol–water partition coefficient (Wildman–Crippen LogP) is 2.69. The summed E-state index contributed by atoms with van der Waals surface area (Å²) >= 11 is 1.54. The van der Waals surface area contributed by atoms with Crippen LogP contribution >= 0.6 is 11.3 Å². The Morgan fingerprint density at radius 2 is 2.20 bits per heavy atom. The first-order valence-electron chi connectivity index (χ1n) is 5.20. The average molecular weight is 222 g/mol. The summed E-state index contributed by atoms with van der Waals surface area (Å²) in [5, 5.41) is 3.30. The normalized spacial score (nSPS) is 10.7. The molecule has 0 radical (unpaired) electrons. The van der Waals surface area contributed by atoms with E-state index in [1.54, 1.807) is 23.2 Å². The molecule has 4 nitrogen and oxygen atoms in total. The molecule has 0 spiro atoms. The summed E-state index contributed by atoms with van der Waals surface area (Å²) in [6.07, 6.45) is 5.24. The van der Waals surface area contributed by atoms with Crippen molar-refractivity contribution in [1.29, 1.82) is 0 Å². The topological polar surface area (TPSA) is 50.7 Å². The number of unbranched alkanes of at least 4 members (excludes halogenated alkanes) is 2. The molecule has 0 aliphatic carbocycles. The third kappa shape index (κ3) is 2.41. The lowest BCUT2D eigenvalue weighted by Crippen LogP contribution is -2.03. The van der Waals surface area contributed by atoms with Crippen molar-refractivity contribution in [2.24, 2.45) is 0 Å². The molecule has 0 aliphatic heterocycles. The van der Waals surface area contributed by atoms with Gasteiger partial charge in [0.25, 0.3) is 0 Å². The van der Waals surface area contributed by atoms with Crippen molar-refractivity contribution >= 4 is 27.5 Å². The van der Waals surface area contributed by atoms with Crippen LogP contribution in [0.25, 0.3) is 10.3 Å². The van der Waals surface area contributed by atoms with E-state index in [1.165, 1.54) is 19.3 Å². The minimum atomic E-state index is 0.859. The molecule has 0 amide bonds. The summed E-state index contributed by atoms with van der Waals surface area (Å²) in [5.74, 6) is 0.859. The molecule has 0 aliphatic rings. The van der Waals surface area contributed by atoms with Gasteiger partial charge in [0.15, 0.2) is 5.82 Å². The summed E-state index contributed by atoms with van der Waals surface area (Å²) in [4.78, 5) is 13.5. The maximum absolute atomic E-state index is 4.25. The molecule has 0 saturated heterocycles. The quantitative estimate of drug-likeness (QED) is 0.790. The third-order valence-electron chi connectivity index (χ3n) is 2.21. The van der Waals surface area contributed by atoms with Crippen molar-refractivity contribution in [3.8, 4) is 0 Å². The number of rotatable bonds is 5. The second kappa shape index (κ2) is 5.02. The van der Waals surface area contributed by atoms with E-state index in [-0.39, 0.29) is 0 Å². The van der Waals surface area contributed by atoms with Crippen LogP contribution in [0, 0.1) is 0 Å². The second-order valence-electron chi connectivity index (χ2n) is 3.36. The van der Waals surface area contributed by atoms with Crippen molar-refractivity contribution in [3.63, 3.8) is 0 Å². The van der Waals surface area contributed by atoms with Crippen LogP contribution in [0.2, 0.25) is 0 Å². The molecule has 2 rings (SSSR count). The largest absolute Gasteiger partial charge is 0.368 e. The molecule has 0 bridgehead atoms. The monoisotopic (exact) mass is 222 g/mol. The molecule has 2 heterocycles. The molecule has 1 N–H and O–H groups in total. The molecule has 0 unspecified atom stereocenters. The van der Waals surface area contributed by atoms with Crippen LogP contribution in [0.1, 0.15) is 26.2 Å². The molecular formula is C10H14N4S. The molecule has 0 atom stereocenters.